The highest BCUT2D eigenvalue weighted by Crippen LogP contribution is 2.07. The molecule has 0 aliphatic heterocycles. The zero-order valence-corrected chi connectivity index (χ0v) is 11.1. The Balaban J connectivity index is 2.64. The van der Waals surface area contributed by atoms with Crippen LogP contribution in [0.4, 0.5) is 5.69 Å². The Morgan fingerprint density at radius 1 is 1.41 bits per heavy atom. The highest BCUT2D eigenvalue weighted by Gasteiger charge is 1.99. The van der Waals surface area contributed by atoms with Gasteiger partial charge in [0.05, 0.1) is 5.71 Å². The molecule has 0 heterocycles. The third-order valence-corrected chi connectivity index (χ3v) is 2.26. The third-order valence-electron chi connectivity index (χ3n) is 2.05. The lowest BCUT2D eigenvalue weighted by atomic mass is 10.1. The monoisotopic (exact) mass is 250 g/mol. The van der Waals surface area contributed by atoms with Gasteiger partial charge >= 0.3 is 0 Å². The van der Waals surface area contributed by atoms with Crippen molar-refractivity contribution in [1.29, 1.82) is 0 Å². The number of nitrogens with zero attached hydrogens (tertiary/aromatic N) is 1. The summed E-state index contributed by atoms with van der Waals surface area (Å²) in [6.07, 6.45) is 0. The van der Waals surface area contributed by atoms with E-state index in [4.69, 9.17) is 18.0 Å². The summed E-state index contributed by atoms with van der Waals surface area (Å²) in [4.78, 5) is 0. The maximum absolute atomic E-state index is 5.70. The molecule has 0 fully saturated rings. The van der Waals surface area contributed by atoms with Crippen LogP contribution in [0, 0.1) is 0 Å². The van der Waals surface area contributed by atoms with Gasteiger partial charge in [0, 0.05) is 11.7 Å². The number of nitrogen functional groups attached to an aromatic ring is 1. The van der Waals surface area contributed by atoms with Crippen LogP contribution in [-0.2, 0) is 0 Å². The van der Waals surface area contributed by atoms with Crippen LogP contribution in [0.25, 0.3) is 0 Å². The van der Waals surface area contributed by atoms with E-state index in [1.165, 1.54) is 0 Å². The molecule has 0 spiro atoms. The van der Waals surface area contributed by atoms with Crippen LogP contribution in [-0.4, -0.2) is 16.9 Å². The number of anilines is 1. The quantitative estimate of drug-likeness (QED) is 0.332. The number of nitrogens with two attached hydrogens (primary N) is 1. The van der Waals surface area contributed by atoms with Crippen molar-refractivity contribution in [3.8, 4) is 0 Å². The van der Waals surface area contributed by atoms with Gasteiger partial charge in [-0.1, -0.05) is 12.1 Å². The Hall–Kier alpha value is -1.62. The zero-order chi connectivity index (χ0) is 12.8. The number of thiocarbonyl (C=S) groups is 1. The molecule has 0 radical (unpaired) electrons. The van der Waals surface area contributed by atoms with Crippen LogP contribution in [0.15, 0.2) is 29.4 Å². The van der Waals surface area contributed by atoms with Gasteiger partial charge in [0.1, 0.15) is 0 Å². The maximum Gasteiger partial charge on any atom is 0.187 e. The van der Waals surface area contributed by atoms with Crippen molar-refractivity contribution in [1.82, 2.24) is 10.7 Å². The fourth-order valence-electron chi connectivity index (χ4n) is 1.26. The van der Waals surface area contributed by atoms with Crippen molar-refractivity contribution >= 4 is 28.7 Å². The summed E-state index contributed by atoms with van der Waals surface area (Å²) in [7, 11) is 0. The molecule has 0 aliphatic carbocycles. The molecule has 0 saturated carbocycles. The average Bonchev–Trinajstić information content (AvgIpc) is 2.25. The van der Waals surface area contributed by atoms with Gasteiger partial charge in [-0.2, -0.15) is 5.10 Å². The first-order valence-corrected chi connectivity index (χ1v) is 5.86. The summed E-state index contributed by atoms with van der Waals surface area (Å²) in [6.45, 7) is 5.94. The maximum atomic E-state index is 5.70. The van der Waals surface area contributed by atoms with Crippen LogP contribution < -0.4 is 16.5 Å². The lowest BCUT2D eigenvalue weighted by Gasteiger charge is -2.10. The first-order chi connectivity index (χ1) is 7.99. The molecular formula is C12H18N4S. The summed E-state index contributed by atoms with van der Waals surface area (Å²) in [5, 5.41) is 7.76. The predicted molar refractivity (Wildman–Crippen MR) is 77.1 cm³/mol. The standard InChI is InChI=1S/C12H18N4S/c1-8(2)14-12(17)16-15-9(3)10-5-4-6-11(13)7-10/h4-8H,13H2,1-3H3,(H2,14,16,17)/b15-9+. The van der Waals surface area contributed by atoms with Crippen LogP contribution in [0.2, 0.25) is 0 Å². The molecule has 0 aromatic heterocycles. The number of hydrogen-bond donors (Lipinski definition) is 3. The molecule has 0 atom stereocenters. The van der Waals surface area contributed by atoms with E-state index < -0.39 is 0 Å². The minimum absolute atomic E-state index is 0.290. The lowest BCUT2D eigenvalue weighted by Crippen LogP contribution is -2.37. The number of hydrazone groups is 1. The van der Waals surface area contributed by atoms with Crippen molar-refractivity contribution in [3.05, 3.63) is 29.8 Å². The molecule has 4 N–H and O–H groups in total. The Morgan fingerprint density at radius 2 is 2.12 bits per heavy atom. The first-order valence-electron chi connectivity index (χ1n) is 5.45. The van der Waals surface area contributed by atoms with Gasteiger partial charge in [0.25, 0.3) is 0 Å². The fraction of sp³-hybridized carbons (Fsp3) is 0.333. The number of benzene rings is 1. The summed E-state index contributed by atoms with van der Waals surface area (Å²) < 4.78 is 0. The zero-order valence-electron chi connectivity index (χ0n) is 10.3. The molecule has 0 amide bonds. The second kappa shape index (κ2) is 6.20. The Bertz CT molecular complexity index is 426. The topological polar surface area (TPSA) is 62.4 Å². The molecule has 0 saturated heterocycles. The van der Waals surface area contributed by atoms with Gasteiger partial charge in [-0.05, 0) is 50.7 Å². The number of nitrogens with one attached hydrogen (secondary N) is 2. The SMILES string of the molecule is C/C(=N\NC(=S)NC(C)C)c1cccc(N)c1. The molecule has 0 aliphatic rings. The van der Waals surface area contributed by atoms with E-state index in [0.29, 0.717) is 5.11 Å². The van der Waals surface area contributed by atoms with Crippen molar-refractivity contribution < 1.29 is 0 Å². The second-order valence-corrected chi connectivity index (χ2v) is 4.47. The van der Waals surface area contributed by atoms with Crippen molar-refractivity contribution in [2.45, 2.75) is 26.8 Å². The fourth-order valence-corrected chi connectivity index (χ4v) is 1.54. The number of rotatable bonds is 3. The van der Waals surface area contributed by atoms with E-state index in [1.54, 1.807) is 0 Å². The summed E-state index contributed by atoms with van der Waals surface area (Å²) in [5.74, 6) is 0. The third kappa shape index (κ3) is 4.82. The van der Waals surface area contributed by atoms with Crippen molar-refractivity contribution in [2.24, 2.45) is 5.10 Å². The highest BCUT2D eigenvalue weighted by atomic mass is 32.1. The molecule has 92 valence electrons. The van der Waals surface area contributed by atoms with Crippen LogP contribution in [0.5, 0.6) is 0 Å². The van der Waals surface area contributed by atoms with Gasteiger partial charge in [-0.15, -0.1) is 0 Å². The minimum Gasteiger partial charge on any atom is -0.399 e. The van der Waals surface area contributed by atoms with Crippen molar-refractivity contribution in [3.63, 3.8) is 0 Å². The van der Waals surface area contributed by atoms with E-state index in [2.05, 4.69) is 15.8 Å². The Kier molecular flexibility index (Phi) is 4.90. The molecule has 0 bridgehead atoms. The van der Waals surface area contributed by atoms with Gasteiger partial charge < -0.3 is 11.1 Å². The molecule has 1 rings (SSSR count). The summed E-state index contributed by atoms with van der Waals surface area (Å²) in [5.41, 5.74) is 11.0. The largest absolute Gasteiger partial charge is 0.399 e. The molecule has 0 unspecified atom stereocenters. The van der Waals surface area contributed by atoms with Gasteiger partial charge in [-0.3, -0.25) is 5.43 Å². The average molecular weight is 250 g/mol. The summed E-state index contributed by atoms with van der Waals surface area (Å²) >= 11 is 5.07. The molecule has 17 heavy (non-hydrogen) atoms. The second-order valence-electron chi connectivity index (χ2n) is 4.06. The van der Waals surface area contributed by atoms with Gasteiger partial charge in [0.2, 0.25) is 0 Å². The Labute approximate surface area is 107 Å². The molecule has 4 nitrogen and oxygen atoms in total. The lowest BCUT2D eigenvalue weighted by molar-refractivity contribution is 0.719. The van der Waals surface area contributed by atoms with Crippen molar-refractivity contribution in [2.75, 3.05) is 5.73 Å². The van der Waals surface area contributed by atoms with E-state index in [0.717, 1.165) is 17.0 Å². The van der Waals surface area contributed by atoms with E-state index in [-0.39, 0.29) is 6.04 Å². The minimum atomic E-state index is 0.290. The molecule has 1 aromatic carbocycles. The number of hydrogen-bond acceptors (Lipinski definition) is 3. The smallest absolute Gasteiger partial charge is 0.187 e. The predicted octanol–water partition coefficient (Wildman–Crippen LogP) is 1.87. The Morgan fingerprint density at radius 3 is 2.71 bits per heavy atom. The van der Waals surface area contributed by atoms with Crippen LogP contribution in [0.1, 0.15) is 26.3 Å². The van der Waals surface area contributed by atoms with Crippen LogP contribution in [0.3, 0.4) is 0 Å². The van der Waals surface area contributed by atoms with Gasteiger partial charge in [0.15, 0.2) is 5.11 Å². The van der Waals surface area contributed by atoms with E-state index in [9.17, 15) is 0 Å². The van der Waals surface area contributed by atoms with E-state index in [1.807, 2.05) is 45.0 Å². The normalized spacial score (nSPS) is 11.4. The summed E-state index contributed by atoms with van der Waals surface area (Å²) in [6, 6.07) is 7.86. The van der Waals surface area contributed by atoms with E-state index >= 15 is 0 Å². The highest BCUT2D eigenvalue weighted by molar-refractivity contribution is 7.80. The molecule has 1 aromatic rings. The van der Waals surface area contributed by atoms with Gasteiger partial charge in [-0.25, -0.2) is 0 Å². The first kappa shape index (κ1) is 13.4. The molecule has 5 heteroatoms. The van der Waals surface area contributed by atoms with Crippen LogP contribution >= 0.6 is 12.2 Å². The molecular weight excluding hydrogens is 232 g/mol.